The summed E-state index contributed by atoms with van der Waals surface area (Å²) in [5.74, 6) is 1.12. The van der Waals surface area contributed by atoms with E-state index in [1.54, 1.807) is 6.08 Å². The first-order chi connectivity index (χ1) is 11.8. The first-order valence-electron chi connectivity index (χ1n) is 8.42. The van der Waals surface area contributed by atoms with Crippen molar-refractivity contribution in [2.75, 3.05) is 5.32 Å². The summed E-state index contributed by atoms with van der Waals surface area (Å²) in [4.78, 5) is 12.7. The van der Waals surface area contributed by atoms with E-state index in [0.717, 1.165) is 27.8 Å². The summed E-state index contributed by atoms with van der Waals surface area (Å²) >= 11 is 1.41. The number of aryl methyl sites for hydroxylation is 2. The predicted molar refractivity (Wildman–Crippen MR) is 104 cm³/mol. The van der Waals surface area contributed by atoms with Crippen LogP contribution >= 0.6 is 11.8 Å². The van der Waals surface area contributed by atoms with Gasteiger partial charge in [-0.2, -0.15) is 0 Å². The SMILES string of the molecule is C=CCn1c(C)nnc1SC(C)C(=O)Nc1c(C)cccc1C(C)C. The summed E-state index contributed by atoms with van der Waals surface area (Å²) in [5.41, 5.74) is 3.14. The second-order valence-corrected chi connectivity index (χ2v) is 7.68. The number of rotatable bonds is 7. The van der Waals surface area contributed by atoms with Crippen LogP contribution in [0.4, 0.5) is 5.69 Å². The van der Waals surface area contributed by atoms with Crippen LogP contribution in [-0.4, -0.2) is 25.9 Å². The number of benzene rings is 1. The van der Waals surface area contributed by atoms with E-state index >= 15 is 0 Å². The molecule has 0 aliphatic rings. The van der Waals surface area contributed by atoms with Gasteiger partial charge in [-0.3, -0.25) is 4.79 Å². The number of carbonyl (C=O) groups is 1. The molecule has 0 saturated carbocycles. The van der Waals surface area contributed by atoms with Gasteiger partial charge >= 0.3 is 0 Å². The van der Waals surface area contributed by atoms with Gasteiger partial charge in [-0.05, 0) is 37.8 Å². The summed E-state index contributed by atoms with van der Waals surface area (Å²) < 4.78 is 1.95. The van der Waals surface area contributed by atoms with Crippen LogP contribution in [-0.2, 0) is 11.3 Å². The molecule has 1 aromatic carbocycles. The number of anilines is 1. The van der Waals surface area contributed by atoms with Crippen molar-refractivity contribution in [1.82, 2.24) is 14.8 Å². The summed E-state index contributed by atoms with van der Waals surface area (Å²) in [5, 5.41) is 11.8. The Labute approximate surface area is 153 Å². The molecular weight excluding hydrogens is 332 g/mol. The number of para-hydroxylation sites is 1. The number of allylic oxidation sites excluding steroid dienone is 1. The van der Waals surface area contributed by atoms with Crippen molar-refractivity contribution in [2.24, 2.45) is 0 Å². The summed E-state index contributed by atoms with van der Waals surface area (Å²) in [6.45, 7) is 14.4. The fraction of sp³-hybridized carbons (Fsp3) is 0.421. The smallest absolute Gasteiger partial charge is 0.237 e. The van der Waals surface area contributed by atoms with Gasteiger partial charge < -0.3 is 9.88 Å². The highest BCUT2D eigenvalue weighted by molar-refractivity contribution is 8.00. The molecule has 1 N–H and O–H groups in total. The Balaban J connectivity index is 2.16. The third-order valence-electron chi connectivity index (χ3n) is 4.04. The molecule has 0 bridgehead atoms. The van der Waals surface area contributed by atoms with Crippen LogP contribution < -0.4 is 5.32 Å². The second kappa shape index (κ2) is 8.34. The normalized spacial score (nSPS) is 12.2. The molecule has 1 amide bonds. The van der Waals surface area contributed by atoms with Crippen molar-refractivity contribution in [3.05, 3.63) is 47.8 Å². The van der Waals surface area contributed by atoms with Gasteiger partial charge in [0.05, 0.1) is 5.25 Å². The molecule has 0 spiro atoms. The van der Waals surface area contributed by atoms with Crippen LogP contribution in [0.15, 0.2) is 36.0 Å². The molecule has 0 aliphatic heterocycles. The van der Waals surface area contributed by atoms with Crippen LogP contribution in [0, 0.1) is 13.8 Å². The van der Waals surface area contributed by atoms with Crippen molar-refractivity contribution in [2.45, 2.75) is 57.5 Å². The number of nitrogens with zero attached hydrogens (tertiary/aromatic N) is 3. The highest BCUT2D eigenvalue weighted by Gasteiger charge is 2.21. The van der Waals surface area contributed by atoms with E-state index in [9.17, 15) is 4.79 Å². The minimum Gasteiger partial charge on any atom is -0.325 e. The van der Waals surface area contributed by atoms with E-state index < -0.39 is 0 Å². The Hall–Kier alpha value is -2.08. The molecule has 2 rings (SSSR count). The molecule has 5 nitrogen and oxygen atoms in total. The first kappa shape index (κ1) is 19.2. The highest BCUT2D eigenvalue weighted by atomic mass is 32.2. The lowest BCUT2D eigenvalue weighted by Gasteiger charge is -2.18. The second-order valence-electron chi connectivity index (χ2n) is 6.37. The fourth-order valence-electron chi connectivity index (χ4n) is 2.57. The van der Waals surface area contributed by atoms with Gasteiger partial charge in [0.25, 0.3) is 0 Å². The summed E-state index contributed by atoms with van der Waals surface area (Å²) in [7, 11) is 0. The maximum absolute atomic E-state index is 12.7. The van der Waals surface area contributed by atoms with Gasteiger partial charge in [0.15, 0.2) is 5.16 Å². The Morgan fingerprint density at radius 1 is 1.32 bits per heavy atom. The average Bonchev–Trinajstić information content (AvgIpc) is 2.90. The van der Waals surface area contributed by atoms with Gasteiger partial charge in [0.2, 0.25) is 5.91 Å². The Morgan fingerprint density at radius 2 is 2.04 bits per heavy atom. The first-order valence-corrected chi connectivity index (χ1v) is 9.30. The van der Waals surface area contributed by atoms with Crippen molar-refractivity contribution in [3.63, 3.8) is 0 Å². The molecule has 1 unspecified atom stereocenters. The molecule has 0 fully saturated rings. The number of thioether (sulfide) groups is 1. The number of hydrogen-bond donors (Lipinski definition) is 1. The lowest BCUT2D eigenvalue weighted by molar-refractivity contribution is -0.115. The Morgan fingerprint density at radius 3 is 2.68 bits per heavy atom. The van der Waals surface area contributed by atoms with Crippen molar-refractivity contribution in [1.29, 1.82) is 0 Å². The van der Waals surface area contributed by atoms with Crippen LogP contribution in [0.2, 0.25) is 0 Å². The van der Waals surface area contributed by atoms with Crippen molar-refractivity contribution in [3.8, 4) is 0 Å². The predicted octanol–water partition coefficient (Wildman–Crippen LogP) is 4.32. The summed E-state index contributed by atoms with van der Waals surface area (Å²) in [6, 6.07) is 6.11. The van der Waals surface area contributed by atoms with Gasteiger partial charge in [-0.15, -0.1) is 16.8 Å². The largest absolute Gasteiger partial charge is 0.325 e. The number of amides is 1. The van der Waals surface area contributed by atoms with Crippen molar-refractivity contribution < 1.29 is 4.79 Å². The third kappa shape index (κ3) is 4.51. The van der Waals surface area contributed by atoms with E-state index in [2.05, 4.69) is 42.0 Å². The molecule has 25 heavy (non-hydrogen) atoms. The van der Waals surface area contributed by atoms with E-state index in [-0.39, 0.29) is 11.2 Å². The molecule has 134 valence electrons. The number of nitrogens with one attached hydrogen (secondary N) is 1. The summed E-state index contributed by atoms with van der Waals surface area (Å²) in [6.07, 6.45) is 1.80. The molecule has 0 saturated heterocycles. The zero-order valence-corrected chi connectivity index (χ0v) is 16.4. The van der Waals surface area contributed by atoms with Gasteiger partial charge in [0, 0.05) is 12.2 Å². The monoisotopic (exact) mass is 358 g/mol. The molecule has 1 heterocycles. The lowest BCUT2D eigenvalue weighted by atomic mass is 9.98. The molecule has 0 radical (unpaired) electrons. The highest BCUT2D eigenvalue weighted by Crippen LogP contribution is 2.29. The minimum atomic E-state index is -0.285. The van der Waals surface area contributed by atoms with Gasteiger partial charge in [-0.25, -0.2) is 0 Å². The molecule has 1 atom stereocenters. The van der Waals surface area contributed by atoms with Crippen molar-refractivity contribution >= 4 is 23.4 Å². The number of aromatic nitrogens is 3. The quantitative estimate of drug-likeness (QED) is 0.591. The maximum atomic E-state index is 12.7. The molecular formula is C19H26N4OS. The third-order valence-corrected chi connectivity index (χ3v) is 5.12. The van der Waals surface area contributed by atoms with E-state index in [1.807, 2.05) is 37.5 Å². The van der Waals surface area contributed by atoms with Crippen LogP contribution in [0.1, 0.15) is 43.6 Å². The number of carbonyl (C=O) groups excluding carboxylic acids is 1. The number of hydrogen-bond acceptors (Lipinski definition) is 4. The average molecular weight is 359 g/mol. The Kier molecular flexibility index (Phi) is 6.42. The molecule has 6 heteroatoms. The zero-order valence-electron chi connectivity index (χ0n) is 15.5. The van der Waals surface area contributed by atoms with Crippen LogP contribution in [0.25, 0.3) is 0 Å². The topological polar surface area (TPSA) is 59.8 Å². The lowest BCUT2D eigenvalue weighted by Crippen LogP contribution is -2.24. The molecule has 1 aromatic heterocycles. The Bertz CT molecular complexity index is 767. The van der Waals surface area contributed by atoms with Crippen LogP contribution in [0.5, 0.6) is 0 Å². The molecule has 2 aromatic rings. The van der Waals surface area contributed by atoms with Gasteiger partial charge in [-0.1, -0.05) is 49.9 Å². The van der Waals surface area contributed by atoms with Crippen LogP contribution in [0.3, 0.4) is 0 Å². The van der Waals surface area contributed by atoms with E-state index in [0.29, 0.717) is 12.5 Å². The zero-order chi connectivity index (χ0) is 18.6. The van der Waals surface area contributed by atoms with Gasteiger partial charge in [0.1, 0.15) is 5.82 Å². The van der Waals surface area contributed by atoms with E-state index in [4.69, 9.17) is 0 Å². The maximum Gasteiger partial charge on any atom is 0.237 e. The molecule has 0 aliphatic carbocycles. The standard InChI is InChI=1S/C19H26N4OS/c1-7-11-23-15(6)21-22-19(23)25-14(5)18(24)20-17-13(4)9-8-10-16(17)12(2)3/h7-10,12,14H,1,11H2,2-6H3,(H,20,24). The fourth-order valence-corrected chi connectivity index (χ4v) is 3.47. The van der Waals surface area contributed by atoms with E-state index in [1.165, 1.54) is 11.8 Å². The minimum absolute atomic E-state index is 0.0352.